The Balaban J connectivity index is 1.50. The van der Waals surface area contributed by atoms with E-state index in [1.54, 1.807) is 44.2 Å². The number of nitrogens with zero attached hydrogens (tertiary/aromatic N) is 2. The van der Waals surface area contributed by atoms with Crippen LogP contribution in [0.4, 0.5) is 11.4 Å². The Morgan fingerprint density at radius 2 is 1.78 bits per heavy atom. The molecule has 0 radical (unpaired) electrons. The Hall–Kier alpha value is -4.47. The zero-order valence-corrected chi connectivity index (χ0v) is 17.3. The molecule has 1 heterocycles. The van der Waals surface area contributed by atoms with Gasteiger partial charge in [0.1, 0.15) is 11.5 Å². The number of aryl methyl sites for hydroxylation is 1. The molecule has 164 valence electrons. The number of hydrazone groups is 1. The standard InChI is InChI=1S/C22H20N4O6/c1-14(24-25-21(27)13-32-19-9-7-18(8-10-19)26(29)30)16-3-5-17(6-4-16)23-22(28)20-11-12-31-15(20)2/h3-12H,13H2,1-2H3,(H,23,28)(H,25,27)/b24-14-. The van der Waals surface area contributed by atoms with Crippen molar-refractivity contribution >= 4 is 28.9 Å². The number of nitro benzene ring substituents is 1. The molecule has 0 aliphatic heterocycles. The topological polar surface area (TPSA) is 136 Å². The highest BCUT2D eigenvalue weighted by molar-refractivity contribution is 6.05. The molecule has 0 aliphatic carbocycles. The van der Waals surface area contributed by atoms with Gasteiger partial charge >= 0.3 is 0 Å². The first kappa shape index (κ1) is 22.2. The summed E-state index contributed by atoms with van der Waals surface area (Å²) >= 11 is 0. The lowest BCUT2D eigenvalue weighted by Crippen LogP contribution is -2.25. The molecule has 2 N–H and O–H groups in total. The molecule has 0 saturated carbocycles. The number of hydrogen-bond acceptors (Lipinski definition) is 7. The molecule has 1 aromatic heterocycles. The molecule has 2 aromatic carbocycles. The van der Waals surface area contributed by atoms with E-state index in [0.29, 0.717) is 28.5 Å². The van der Waals surface area contributed by atoms with Crippen molar-refractivity contribution in [3.63, 3.8) is 0 Å². The summed E-state index contributed by atoms with van der Waals surface area (Å²) in [5.74, 6) is 0.113. The largest absolute Gasteiger partial charge is 0.484 e. The van der Waals surface area contributed by atoms with E-state index in [1.165, 1.54) is 30.5 Å². The van der Waals surface area contributed by atoms with E-state index < -0.39 is 10.8 Å². The zero-order chi connectivity index (χ0) is 23.1. The lowest BCUT2D eigenvalue weighted by Gasteiger charge is -2.07. The molecule has 0 spiro atoms. The van der Waals surface area contributed by atoms with Crippen LogP contribution in [0.25, 0.3) is 0 Å². The number of non-ortho nitro benzene ring substituents is 1. The van der Waals surface area contributed by atoms with E-state index in [9.17, 15) is 19.7 Å². The van der Waals surface area contributed by atoms with Crippen molar-refractivity contribution in [2.75, 3.05) is 11.9 Å². The molecule has 0 saturated heterocycles. The first-order chi connectivity index (χ1) is 15.3. The van der Waals surface area contributed by atoms with Crippen LogP contribution < -0.4 is 15.5 Å². The quantitative estimate of drug-likeness (QED) is 0.314. The van der Waals surface area contributed by atoms with Gasteiger partial charge in [-0.25, -0.2) is 5.43 Å². The highest BCUT2D eigenvalue weighted by Gasteiger charge is 2.12. The van der Waals surface area contributed by atoms with Crippen LogP contribution in [0.2, 0.25) is 0 Å². The monoisotopic (exact) mass is 436 g/mol. The van der Waals surface area contributed by atoms with Crippen LogP contribution in [0.15, 0.2) is 70.4 Å². The molecule has 0 unspecified atom stereocenters. The third kappa shape index (κ3) is 5.79. The minimum atomic E-state index is -0.519. The highest BCUT2D eigenvalue weighted by Crippen LogP contribution is 2.17. The number of hydrogen-bond donors (Lipinski definition) is 2. The van der Waals surface area contributed by atoms with Gasteiger partial charge in [-0.2, -0.15) is 5.10 Å². The number of rotatable bonds is 8. The van der Waals surface area contributed by atoms with E-state index in [-0.39, 0.29) is 18.2 Å². The third-order valence-electron chi connectivity index (χ3n) is 4.43. The summed E-state index contributed by atoms with van der Waals surface area (Å²) < 4.78 is 10.4. The summed E-state index contributed by atoms with van der Waals surface area (Å²) in [5, 5.41) is 17.5. The van der Waals surface area contributed by atoms with E-state index in [0.717, 1.165) is 5.56 Å². The molecule has 3 aromatic rings. The summed E-state index contributed by atoms with van der Waals surface area (Å²) in [7, 11) is 0. The molecule has 2 amide bonds. The highest BCUT2D eigenvalue weighted by atomic mass is 16.6. The minimum Gasteiger partial charge on any atom is -0.484 e. The van der Waals surface area contributed by atoms with E-state index in [4.69, 9.17) is 9.15 Å². The maximum Gasteiger partial charge on any atom is 0.277 e. The van der Waals surface area contributed by atoms with Crippen LogP contribution in [-0.2, 0) is 4.79 Å². The van der Waals surface area contributed by atoms with Gasteiger partial charge in [-0.15, -0.1) is 0 Å². The van der Waals surface area contributed by atoms with Gasteiger partial charge in [0.2, 0.25) is 0 Å². The Kier molecular flexibility index (Phi) is 6.96. The molecule has 10 heteroatoms. The minimum absolute atomic E-state index is 0.0656. The van der Waals surface area contributed by atoms with Crippen LogP contribution in [0, 0.1) is 17.0 Å². The van der Waals surface area contributed by atoms with Crippen LogP contribution in [0.5, 0.6) is 5.75 Å². The third-order valence-corrected chi connectivity index (χ3v) is 4.43. The van der Waals surface area contributed by atoms with Gasteiger partial charge in [0, 0.05) is 17.8 Å². The SMILES string of the molecule is C/C(=N/NC(=O)COc1ccc([N+](=O)[O-])cc1)c1ccc(NC(=O)c2ccoc2C)cc1. The average Bonchev–Trinajstić information content (AvgIpc) is 3.22. The van der Waals surface area contributed by atoms with Crippen LogP contribution in [-0.4, -0.2) is 29.1 Å². The Labute approximate surface area is 183 Å². The molecule has 3 rings (SSSR count). The molecule has 0 aliphatic rings. The fourth-order valence-electron chi connectivity index (χ4n) is 2.67. The molecular formula is C22H20N4O6. The van der Waals surface area contributed by atoms with Gasteiger partial charge in [-0.1, -0.05) is 12.1 Å². The number of anilines is 1. The lowest BCUT2D eigenvalue weighted by atomic mass is 10.1. The van der Waals surface area contributed by atoms with Crippen LogP contribution in [0.3, 0.4) is 0 Å². The zero-order valence-electron chi connectivity index (χ0n) is 17.3. The molecule has 0 fully saturated rings. The maximum atomic E-state index is 12.2. The fourth-order valence-corrected chi connectivity index (χ4v) is 2.67. The smallest absolute Gasteiger partial charge is 0.277 e. The second-order valence-electron chi connectivity index (χ2n) is 6.69. The van der Waals surface area contributed by atoms with Crippen molar-refractivity contribution in [1.82, 2.24) is 5.43 Å². The number of amides is 2. The van der Waals surface area contributed by atoms with E-state index in [2.05, 4.69) is 15.8 Å². The van der Waals surface area contributed by atoms with Gasteiger partial charge in [0.05, 0.1) is 22.5 Å². The van der Waals surface area contributed by atoms with E-state index in [1.807, 2.05) is 0 Å². The number of carbonyl (C=O) groups excluding carboxylic acids is 2. The first-order valence-corrected chi connectivity index (χ1v) is 9.50. The number of carbonyl (C=O) groups is 2. The van der Waals surface area contributed by atoms with Gasteiger partial charge < -0.3 is 14.5 Å². The lowest BCUT2D eigenvalue weighted by molar-refractivity contribution is -0.384. The van der Waals surface area contributed by atoms with Crippen molar-refractivity contribution < 1.29 is 23.7 Å². The summed E-state index contributed by atoms with van der Waals surface area (Å²) in [6, 6.07) is 14.0. The predicted molar refractivity (Wildman–Crippen MR) is 117 cm³/mol. The molecule has 0 atom stereocenters. The second kappa shape index (κ2) is 10.0. The summed E-state index contributed by atoms with van der Waals surface area (Å²) in [4.78, 5) is 34.3. The first-order valence-electron chi connectivity index (χ1n) is 9.50. The molecule has 10 nitrogen and oxygen atoms in total. The Morgan fingerprint density at radius 3 is 2.38 bits per heavy atom. The van der Waals surface area contributed by atoms with Crippen molar-refractivity contribution in [3.05, 3.63) is 87.9 Å². The van der Waals surface area contributed by atoms with Crippen LogP contribution in [0.1, 0.15) is 28.6 Å². The average molecular weight is 436 g/mol. The number of ether oxygens (including phenoxy) is 1. The molecular weight excluding hydrogens is 416 g/mol. The summed E-state index contributed by atoms with van der Waals surface area (Å²) in [6.45, 7) is 3.13. The Bertz CT molecular complexity index is 1150. The van der Waals surface area contributed by atoms with E-state index >= 15 is 0 Å². The summed E-state index contributed by atoms with van der Waals surface area (Å²) in [6.07, 6.45) is 1.46. The van der Waals surface area contributed by atoms with Gasteiger partial charge in [-0.05, 0) is 49.7 Å². The predicted octanol–water partition coefficient (Wildman–Crippen LogP) is 3.67. The second-order valence-corrected chi connectivity index (χ2v) is 6.69. The van der Waals surface area contributed by atoms with Gasteiger partial charge in [-0.3, -0.25) is 19.7 Å². The van der Waals surface area contributed by atoms with Crippen LogP contribution >= 0.6 is 0 Å². The van der Waals surface area contributed by atoms with Gasteiger partial charge in [0.15, 0.2) is 6.61 Å². The van der Waals surface area contributed by atoms with Gasteiger partial charge in [0.25, 0.3) is 17.5 Å². The summed E-state index contributed by atoms with van der Waals surface area (Å²) in [5.41, 5.74) is 4.69. The number of nitro groups is 1. The maximum absolute atomic E-state index is 12.2. The Morgan fingerprint density at radius 1 is 1.09 bits per heavy atom. The van der Waals surface area contributed by atoms with Crippen molar-refractivity contribution in [3.8, 4) is 5.75 Å². The fraction of sp³-hybridized carbons (Fsp3) is 0.136. The van der Waals surface area contributed by atoms with Crippen molar-refractivity contribution in [2.45, 2.75) is 13.8 Å². The normalized spacial score (nSPS) is 11.0. The number of furan rings is 1. The number of nitrogens with one attached hydrogen (secondary N) is 2. The molecule has 0 bridgehead atoms. The molecule has 32 heavy (non-hydrogen) atoms. The number of benzene rings is 2. The van der Waals surface area contributed by atoms with Crippen molar-refractivity contribution in [1.29, 1.82) is 0 Å². The van der Waals surface area contributed by atoms with Crippen molar-refractivity contribution in [2.24, 2.45) is 5.10 Å².